The Bertz CT molecular complexity index is 1060. The van der Waals surface area contributed by atoms with Gasteiger partial charge < -0.3 is 24.3 Å². The van der Waals surface area contributed by atoms with Gasteiger partial charge in [0.25, 0.3) is 0 Å². The Morgan fingerprint density at radius 1 is 1.11 bits per heavy atom. The number of fused-ring (bicyclic) bond motifs is 1. The molecule has 7 heteroatoms. The highest BCUT2D eigenvalue weighted by Gasteiger charge is 2.14. The van der Waals surface area contributed by atoms with Crippen molar-refractivity contribution >= 4 is 22.6 Å². The van der Waals surface area contributed by atoms with Crippen LogP contribution >= 0.6 is 0 Å². The SMILES string of the molecule is COc1cc(NC(=O)CCc2c(C)c3ccc(O)cc3oc2=O)cc(OC)c1. The minimum atomic E-state index is -0.508. The Hall–Kier alpha value is -3.48. The number of carbonyl (C=O) groups is 1. The van der Waals surface area contributed by atoms with Crippen molar-refractivity contribution in [3.8, 4) is 17.2 Å². The van der Waals surface area contributed by atoms with Gasteiger partial charge >= 0.3 is 5.63 Å². The van der Waals surface area contributed by atoms with E-state index in [-0.39, 0.29) is 24.5 Å². The van der Waals surface area contributed by atoms with Crippen LogP contribution in [-0.2, 0) is 11.2 Å². The summed E-state index contributed by atoms with van der Waals surface area (Å²) in [5, 5.41) is 13.0. The zero-order valence-electron chi connectivity index (χ0n) is 15.9. The lowest BCUT2D eigenvalue weighted by Gasteiger charge is -2.11. The van der Waals surface area contributed by atoms with E-state index in [0.29, 0.717) is 28.3 Å². The summed E-state index contributed by atoms with van der Waals surface area (Å²) in [7, 11) is 3.06. The summed E-state index contributed by atoms with van der Waals surface area (Å²) in [6.45, 7) is 1.80. The molecule has 2 N–H and O–H groups in total. The largest absolute Gasteiger partial charge is 0.508 e. The third-order valence-electron chi connectivity index (χ3n) is 4.51. The second-order valence-electron chi connectivity index (χ2n) is 6.32. The Balaban J connectivity index is 1.76. The van der Waals surface area contributed by atoms with E-state index in [2.05, 4.69) is 5.32 Å². The van der Waals surface area contributed by atoms with Gasteiger partial charge in [0.05, 0.1) is 14.2 Å². The van der Waals surface area contributed by atoms with Gasteiger partial charge in [0.2, 0.25) is 5.91 Å². The highest BCUT2D eigenvalue weighted by atomic mass is 16.5. The molecule has 0 radical (unpaired) electrons. The number of ether oxygens (including phenoxy) is 2. The van der Waals surface area contributed by atoms with Gasteiger partial charge in [0, 0.05) is 47.3 Å². The molecule has 0 unspecified atom stereocenters. The number of nitrogens with one attached hydrogen (secondary N) is 1. The van der Waals surface area contributed by atoms with Crippen molar-refractivity contribution in [1.29, 1.82) is 0 Å². The Kier molecular flexibility index (Phi) is 5.54. The summed E-state index contributed by atoms with van der Waals surface area (Å²) in [5.74, 6) is 0.892. The molecule has 0 saturated carbocycles. The van der Waals surface area contributed by atoms with E-state index >= 15 is 0 Å². The van der Waals surface area contributed by atoms with Gasteiger partial charge in [0.1, 0.15) is 22.8 Å². The molecule has 0 atom stereocenters. The third kappa shape index (κ3) is 4.09. The Labute approximate surface area is 161 Å². The van der Waals surface area contributed by atoms with Crippen molar-refractivity contribution in [2.45, 2.75) is 19.8 Å². The smallest absolute Gasteiger partial charge is 0.339 e. The molecule has 28 heavy (non-hydrogen) atoms. The maximum absolute atomic E-state index is 12.4. The summed E-state index contributed by atoms with van der Waals surface area (Å²) in [6, 6.07) is 9.69. The summed E-state index contributed by atoms with van der Waals surface area (Å²) >= 11 is 0. The second kappa shape index (κ2) is 8.04. The van der Waals surface area contributed by atoms with E-state index in [1.54, 1.807) is 31.2 Å². The Morgan fingerprint density at radius 2 is 1.79 bits per heavy atom. The highest BCUT2D eigenvalue weighted by molar-refractivity contribution is 5.91. The standard InChI is InChI=1S/C21H21NO6/c1-12-17-5-4-14(23)10-19(17)28-21(25)18(12)6-7-20(24)22-13-8-15(26-2)11-16(9-13)27-3/h4-5,8-11,23H,6-7H2,1-3H3,(H,22,24). The van der Waals surface area contributed by atoms with E-state index in [1.165, 1.54) is 26.4 Å². The minimum Gasteiger partial charge on any atom is -0.508 e. The number of benzene rings is 2. The van der Waals surface area contributed by atoms with Gasteiger partial charge in [-0.25, -0.2) is 4.79 Å². The summed E-state index contributed by atoms with van der Waals surface area (Å²) in [5.41, 5.74) is 1.53. The molecule has 7 nitrogen and oxygen atoms in total. The van der Waals surface area contributed by atoms with Crippen LogP contribution in [0, 0.1) is 6.92 Å². The van der Waals surface area contributed by atoms with Crippen molar-refractivity contribution in [3.63, 3.8) is 0 Å². The van der Waals surface area contributed by atoms with Crippen LogP contribution in [0.15, 0.2) is 45.6 Å². The highest BCUT2D eigenvalue weighted by Crippen LogP contribution is 2.26. The molecule has 0 aliphatic heterocycles. The topological polar surface area (TPSA) is 98.0 Å². The molecule has 0 saturated heterocycles. The van der Waals surface area contributed by atoms with E-state index in [4.69, 9.17) is 13.9 Å². The summed E-state index contributed by atoms with van der Waals surface area (Å²) in [4.78, 5) is 24.6. The number of phenolic OH excluding ortho intramolecular Hbond substituents is 1. The molecule has 2 aromatic carbocycles. The van der Waals surface area contributed by atoms with Crippen molar-refractivity contribution in [1.82, 2.24) is 0 Å². The second-order valence-corrected chi connectivity index (χ2v) is 6.32. The number of hydrogen-bond donors (Lipinski definition) is 2. The number of aryl methyl sites for hydroxylation is 1. The monoisotopic (exact) mass is 383 g/mol. The van der Waals surface area contributed by atoms with Crippen LogP contribution in [0.5, 0.6) is 17.2 Å². The van der Waals surface area contributed by atoms with E-state index < -0.39 is 5.63 Å². The average molecular weight is 383 g/mol. The quantitative estimate of drug-likeness (QED) is 0.633. The van der Waals surface area contributed by atoms with Gasteiger partial charge in [-0.2, -0.15) is 0 Å². The minimum absolute atomic E-state index is 0.0240. The molecule has 0 aliphatic carbocycles. The van der Waals surface area contributed by atoms with Crippen molar-refractivity contribution < 1.29 is 23.8 Å². The number of methoxy groups -OCH3 is 2. The lowest BCUT2D eigenvalue weighted by Crippen LogP contribution is -2.16. The zero-order valence-corrected chi connectivity index (χ0v) is 15.9. The van der Waals surface area contributed by atoms with Crippen molar-refractivity contribution in [2.75, 3.05) is 19.5 Å². The maximum atomic E-state index is 12.4. The fourth-order valence-electron chi connectivity index (χ4n) is 3.01. The fraction of sp³-hybridized carbons (Fsp3) is 0.238. The lowest BCUT2D eigenvalue weighted by molar-refractivity contribution is -0.116. The third-order valence-corrected chi connectivity index (χ3v) is 4.51. The number of amides is 1. The molecular weight excluding hydrogens is 362 g/mol. The number of phenols is 1. The normalized spacial score (nSPS) is 10.7. The van der Waals surface area contributed by atoms with Crippen LogP contribution in [0.1, 0.15) is 17.5 Å². The molecule has 3 aromatic rings. The van der Waals surface area contributed by atoms with Gasteiger partial charge in [-0.1, -0.05) is 0 Å². The lowest BCUT2D eigenvalue weighted by atomic mass is 10.0. The van der Waals surface area contributed by atoms with Crippen LogP contribution < -0.4 is 20.4 Å². The van der Waals surface area contributed by atoms with E-state index in [0.717, 1.165) is 10.9 Å². The number of rotatable bonds is 6. The average Bonchev–Trinajstić information content (AvgIpc) is 2.67. The first-order valence-corrected chi connectivity index (χ1v) is 8.69. The van der Waals surface area contributed by atoms with Gasteiger partial charge in [-0.3, -0.25) is 4.79 Å². The van der Waals surface area contributed by atoms with Crippen molar-refractivity contribution in [2.24, 2.45) is 0 Å². The van der Waals surface area contributed by atoms with Gasteiger partial charge in [-0.15, -0.1) is 0 Å². The first-order valence-electron chi connectivity index (χ1n) is 8.69. The molecular formula is C21H21NO6. The van der Waals surface area contributed by atoms with Crippen LogP contribution in [0.25, 0.3) is 11.0 Å². The molecule has 0 aliphatic rings. The molecule has 3 rings (SSSR count). The molecule has 0 fully saturated rings. The van der Waals surface area contributed by atoms with Crippen LogP contribution in [0.2, 0.25) is 0 Å². The van der Waals surface area contributed by atoms with Crippen LogP contribution in [0.3, 0.4) is 0 Å². The number of anilines is 1. The number of hydrogen-bond acceptors (Lipinski definition) is 6. The zero-order chi connectivity index (χ0) is 20.3. The van der Waals surface area contributed by atoms with E-state index in [1.807, 2.05) is 0 Å². The van der Waals surface area contributed by atoms with Gasteiger partial charge in [0.15, 0.2) is 0 Å². The predicted octanol–water partition coefficient (Wildman–Crippen LogP) is 3.40. The fourth-order valence-corrected chi connectivity index (χ4v) is 3.01. The summed E-state index contributed by atoms with van der Waals surface area (Å²) < 4.78 is 15.7. The Morgan fingerprint density at radius 3 is 2.43 bits per heavy atom. The molecule has 1 aromatic heterocycles. The number of carbonyl (C=O) groups excluding carboxylic acids is 1. The predicted molar refractivity (Wildman–Crippen MR) is 105 cm³/mol. The van der Waals surface area contributed by atoms with Crippen LogP contribution in [0.4, 0.5) is 5.69 Å². The molecule has 146 valence electrons. The number of aromatic hydroxyl groups is 1. The summed E-state index contributed by atoms with van der Waals surface area (Å²) in [6.07, 6.45) is 0.340. The van der Waals surface area contributed by atoms with Gasteiger partial charge in [-0.05, 0) is 31.0 Å². The molecule has 1 amide bonds. The first-order chi connectivity index (χ1) is 13.4. The molecule has 0 bridgehead atoms. The van der Waals surface area contributed by atoms with Crippen molar-refractivity contribution in [3.05, 3.63) is 57.9 Å². The maximum Gasteiger partial charge on any atom is 0.339 e. The van der Waals surface area contributed by atoms with Crippen LogP contribution in [-0.4, -0.2) is 25.2 Å². The first kappa shape index (κ1) is 19.3. The van der Waals surface area contributed by atoms with E-state index in [9.17, 15) is 14.7 Å². The molecule has 0 spiro atoms. The molecule has 1 heterocycles.